The summed E-state index contributed by atoms with van der Waals surface area (Å²) in [4.78, 5) is 27.3. The molecule has 0 spiro atoms. The van der Waals surface area contributed by atoms with E-state index in [1.54, 1.807) is 6.92 Å². The van der Waals surface area contributed by atoms with Gasteiger partial charge in [-0.3, -0.25) is 9.78 Å². The number of alkyl carbamates (subject to hydrolysis) is 1. The summed E-state index contributed by atoms with van der Waals surface area (Å²) in [6.45, 7) is 1.37. The highest BCUT2D eigenvalue weighted by Crippen LogP contribution is 2.25. The molecule has 0 saturated heterocycles. The van der Waals surface area contributed by atoms with Crippen LogP contribution < -0.4 is 5.32 Å². The molecule has 1 aromatic rings. The lowest BCUT2D eigenvalue weighted by Gasteiger charge is -2.13. The average molecular weight is 358 g/mol. The van der Waals surface area contributed by atoms with Gasteiger partial charge in [-0.2, -0.15) is 0 Å². The first kappa shape index (κ1) is 20.9. The minimum Gasteiger partial charge on any atom is -0.506 e. The number of ether oxygens (including phenoxy) is 2. The van der Waals surface area contributed by atoms with Crippen molar-refractivity contribution in [2.24, 2.45) is 0 Å². The lowest BCUT2D eigenvalue weighted by molar-refractivity contribution is -0.145. The Morgan fingerprint density at radius 2 is 2.00 bits per heavy atom. The first-order valence-electron chi connectivity index (χ1n) is 8.09. The molecule has 1 amide bonds. The zero-order chi connectivity index (χ0) is 19.4. The van der Waals surface area contributed by atoms with Crippen LogP contribution in [0, 0.1) is 31.6 Å². The van der Waals surface area contributed by atoms with E-state index in [1.165, 1.54) is 6.20 Å². The Morgan fingerprint density at radius 3 is 2.69 bits per heavy atom. The molecule has 0 radical (unpaired) electrons. The molecule has 138 valence electrons. The van der Waals surface area contributed by atoms with E-state index in [-0.39, 0.29) is 31.9 Å². The molecule has 1 aromatic heterocycles. The molecule has 26 heavy (non-hydrogen) atoms. The summed E-state index contributed by atoms with van der Waals surface area (Å²) in [5.41, 5.74) is 1.16. The van der Waals surface area contributed by atoms with Crippen molar-refractivity contribution in [1.82, 2.24) is 10.3 Å². The number of nitrogens with one attached hydrogen (secondary N) is 1. The molecule has 0 aromatic carbocycles. The second-order valence-electron chi connectivity index (χ2n) is 5.40. The van der Waals surface area contributed by atoms with E-state index in [0.29, 0.717) is 29.7 Å². The number of hydrogen-bond acceptors (Lipinski definition) is 6. The number of rotatable bonds is 9. The maximum absolute atomic E-state index is 11.8. The molecule has 0 atom stereocenters. The van der Waals surface area contributed by atoms with Gasteiger partial charge in [0.1, 0.15) is 19.0 Å². The van der Waals surface area contributed by atoms with Crippen molar-refractivity contribution < 1.29 is 24.2 Å². The summed E-state index contributed by atoms with van der Waals surface area (Å²) in [7, 11) is 0. The highest BCUT2D eigenvalue weighted by atomic mass is 16.5. The summed E-state index contributed by atoms with van der Waals surface area (Å²) in [5.74, 6) is 4.26. The molecule has 0 aliphatic heterocycles. The number of aromatic hydroxyl groups is 1. The standard InChI is InChI=1S/C19H22N2O5/c1-4-6-7-8-9-17(22)25-13-16-15(11-21-14(3)18(16)23)12-26-19(24)20-10-5-2/h1-2,11,23H,6-10,12-13H2,3H3,(H,20,24). The normalized spacial score (nSPS) is 9.65. The third kappa shape index (κ3) is 7.14. The van der Waals surface area contributed by atoms with Crippen molar-refractivity contribution in [1.29, 1.82) is 0 Å². The van der Waals surface area contributed by atoms with E-state index >= 15 is 0 Å². The van der Waals surface area contributed by atoms with Crippen LogP contribution in [-0.4, -0.2) is 28.7 Å². The summed E-state index contributed by atoms with van der Waals surface area (Å²) < 4.78 is 10.2. The van der Waals surface area contributed by atoms with Gasteiger partial charge in [0, 0.05) is 30.2 Å². The SMILES string of the molecule is C#CCCCCC(=O)OCc1c(COC(=O)NCC#C)cnc(C)c1O. The minimum absolute atomic E-state index is 0.0420. The number of terminal acetylenes is 2. The zero-order valence-electron chi connectivity index (χ0n) is 14.7. The van der Waals surface area contributed by atoms with Crippen molar-refractivity contribution in [2.45, 2.75) is 45.8 Å². The Hall–Kier alpha value is -3.19. The van der Waals surface area contributed by atoms with Crippen LogP contribution in [0.25, 0.3) is 0 Å². The van der Waals surface area contributed by atoms with Gasteiger partial charge in [-0.05, 0) is 19.8 Å². The van der Waals surface area contributed by atoms with Crippen LogP contribution in [0.15, 0.2) is 6.20 Å². The number of pyridine rings is 1. The van der Waals surface area contributed by atoms with E-state index < -0.39 is 12.1 Å². The third-order valence-corrected chi connectivity index (χ3v) is 3.45. The number of carbonyl (C=O) groups is 2. The Balaban J connectivity index is 2.66. The molecule has 1 rings (SSSR count). The van der Waals surface area contributed by atoms with Gasteiger partial charge in [0.15, 0.2) is 0 Å². The second-order valence-corrected chi connectivity index (χ2v) is 5.40. The van der Waals surface area contributed by atoms with Crippen molar-refractivity contribution in [3.63, 3.8) is 0 Å². The summed E-state index contributed by atoms with van der Waals surface area (Å²) in [6, 6.07) is 0. The number of aryl methyl sites for hydroxylation is 1. The van der Waals surface area contributed by atoms with Gasteiger partial charge in [0.25, 0.3) is 0 Å². The molecule has 7 heteroatoms. The first-order chi connectivity index (χ1) is 12.5. The minimum atomic E-state index is -0.695. The molecular weight excluding hydrogens is 336 g/mol. The maximum atomic E-state index is 11.8. The molecule has 7 nitrogen and oxygen atoms in total. The predicted octanol–water partition coefficient (Wildman–Crippen LogP) is 2.19. The quantitative estimate of drug-likeness (QED) is 0.399. The molecule has 0 bridgehead atoms. The monoisotopic (exact) mass is 358 g/mol. The molecule has 1 heterocycles. The fraction of sp³-hybridized carbons (Fsp3) is 0.421. The number of amides is 1. The number of unbranched alkanes of at least 4 members (excludes halogenated alkanes) is 2. The van der Waals surface area contributed by atoms with Crippen molar-refractivity contribution in [2.75, 3.05) is 6.54 Å². The number of carbonyl (C=O) groups excluding carboxylic acids is 2. The van der Waals surface area contributed by atoms with Crippen LogP contribution in [0.2, 0.25) is 0 Å². The second kappa shape index (κ2) is 11.4. The van der Waals surface area contributed by atoms with Crippen LogP contribution in [0.3, 0.4) is 0 Å². The number of aromatic nitrogens is 1. The lowest BCUT2D eigenvalue weighted by Crippen LogP contribution is -2.24. The fourth-order valence-electron chi connectivity index (χ4n) is 2.01. The van der Waals surface area contributed by atoms with Crippen molar-refractivity contribution in [3.8, 4) is 30.4 Å². The van der Waals surface area contributed by atoms with E-state index in [0.717, 1.165) is 6.42 Å². The number of esters is 1. The topological polar surface area (TPSA) is 97.8 Å². The summed E-state index contributed by atoms with van der Waals surface area (Å²) in [6.07, 6.45) is 13.2. The van der Waals surface area contributed by atoms with Gasteiger partial charge in [-0.25, -0.2) is 4.79 Å². The number of nitrogens with zero attached hydrogens (tertiary/aromatic N) is 1. The summed E-state index contributed by atoms with van der Waals surface area (Å²) in [5, 5.41) is 12.5. The lowest BCUT2D eigenvalue weighted by atomic mass is 10.1. The fourth-order valence-corrected chi connectivity index (χ4v) is 2.01. The smallest absolute Gasteiger partial charge is 0.408 e. The first-order valence-corrected chi connectivity index (χ1v) is 8.09. The van der Waals surface area contributed by atoms with E-state index in [4.69, 9.17) is 22.3 Å². The Labute approximate surface area is 153 Å². The van der Waals surface area contributed by atoms with Gasteiger partial charge in [0.2, 0.25) is 0 Å². The van der Waals surface area contributed by atoms with Crippen molar-refractivity contribution >= 4 is 12.1 Å². The van der Waals surface area contributed by atoms with Crippen LogP contribution in [0.1, 0.15) is 42.5 Å². The molecule has 0 unspecified atom stereocenters. The van der Waals surface area contributed by atoms with E-state index in [1.807, 2.05) is 0 Å². The van der Waals surface area contributed by atoms with Crippen LogP contribution in [0.4, 0.5) is 4.79 Å². The van der Waals surface area contributed by atoms with Crippen molar-refractivity contribution in [3.05, 3.63) is 23.0 Å². The van der Waals surface area contributed by atoms with Crippen LogP contribution in [0.5, 0.6) is 5.75 Å². The molecule has 0 aliphatic rings. The number of hydrogen-bond donors (Lipinski definition) is 2. The molecule has 0 fully saturated rings. The van der Waals surface area contributed by atoms with Gasteiger partial charge < -0.3 is 19.9 Å². The highest BCUT2D eigenvalue weighted by molar-refractivity contribution is 5.69. The van der Waals surface area contributed by atoms with Crippen LogP contribution >= 0.6 is 0 Å². The van der Waals surface area contributed by atoms with Crippen LogP contribution in [-0.2, 0) is 27.5 Å². The highest BCUT2D eigenvalue weighted by Gasteiger charge is 2.15. The Kier molecular flexibility index (Phi) is 9.13. The van der Waals surface area contributed by atoms with Gasteiger partial charge in [-0.15, -0.1) is 18.8 Å². The van der Waals surface area contributed by atoms with Gasteiger partial charge in [-0.1, -0.05) is 5.92 Å². The Bertz CT molecular complexity index is 716. The molecule has 2 N–H and O–H groups in total. The molecule has 0 saturated carbocycles. The maximum Gasteiger partial charge on any atom is 0.408 e. The van der Waals surface area contributed by atoms with E-state index in [2.05, 4.69) is 22.1 Å². The van der Waals surface area contributed by atoms with Gasteiger partial charge in [0.05, 0.1) is 12.2 Å². The largest absolute Gasteiger partial charge is 0.506 e. The summed E-state index contributed by atoms with van der Waals surface area (Å²) >= 11 is 0. The average Bonchev–Trinajstić information content (AvgIpc) is 2.63. The molecular formula is C19H22N2O5. The van der Waals surface area contributed by atoms with Gasteiger partial charge >= 0.3 is 12.1 Å². The molecule has 0 aliphatic carbocycles. The van der Waals surface area contributed by atoms with E-state index in [9.17, 15) is 14.7 Å². The zero-order valence-corrected chi connectivity index (χ0v) is 14.7. The Morgan fingerprint density at radius 1 is 1.23 bits per heavy atom. The third-order valence-electron chi connectivity index (χ3n) is 3.45. The predicted molar refractivity (Wildman–Crippen MR) is 94.8 cm³/mol.